The molecule has 1 amide bonds. The van der Waals surface area contributed by atoms with Crippen molar-refractivity contribution in [3.8, 4) is 11.8 Å². The Morgan fingerprint density at radius 2 is 2.14 bits per heavy atom. The Morgan fingerprint density at radius 3 is 2.71 bits per heavy atom. The van der Waals surface area contributed by atoms with Gasteiger partial charge in [0, 0.05) is 11.6 Å². The summed E-state index contributed by atoms with van der Waals surface area (Å²) in [7, 11) is 0. The van der Waals surface area contributed by atoms with Crippen molar-refractivity contribution in [2.45, 2.75) is 26.4 Å². The van der Waals surface area contributed by atoms with E-state index in [2.05, 4.69) is 17.2 Å². The molecule has 0 atom stereocenters. The van der Waals surface area contributed by atoms with Gasteiger partial charge < -0.3 is 10.1 Å². The lowest BCUT2D eigenvalue weighted by atomic mass is 10.2. The molecule has 0 heterocycles. The third kappa shape index (κ3) is 5.91. The second kappa shape index (κ2) is 6.70. The molecule has 0 aliphatic carbocycles. The van der Waals surface area contributed by atoms with Gasteiger partial charge in [-0.15, -0.1) is 0 Å². The van der Waals surface area contributed by atoms with E-state index in [-0.39, 0.29) is 12.1 Å². The molecule has 1 aromatic carbocycles. The first-order chi connectivity index (χ1) is 9.69. The Balaban J connectivity index is 2.62. The summed E-state index contributed by atoms with van der Waals surface area (Å²) in [6, 6.07) is 3.34. The molecule has 1 N–H and O–H groups in total. The topological polar surface area (TPSA) is 81.5 Å². The Bertz CT molecular complexity index is 612. The lowest BCUT2D eigenvalue weighted by molar-refractivity contribution is -0.387. The first-order valence-corrected chi connectivity index (χ1v) is 6.09. The number of halogens is 1. The van der Waals surface area contributed by atoms with Gasteiger partial charge in [-0.2, -0.15) is 4.39 Å². The Morgan fingerprint density at radius 1 is 1.48 bits per heavy atom. The Kier molecular flexibility index (Phi) is 5.24. The molecule has 0 radical (unpaired) electrons. The Hall–Kier alpha value is -2.62. The molecular formula is C14H15FN2O4. The van der Waals surface area contributed by atoms with E-state index in [1.807, 2.05) is 0 Å². The van der Waals surface area contributed by atoms with Gasteiger partial charge in [0.2, 0.25) is 5.82 Å². The van der Waals surface area contributed by atoms with E-state index in [4.69, 9.17) is 4.74 Å². The van der Waals surface area contributed by atoms with E-state index < -0.39 is 28.1 Å². The molecule has 6 nitrogen and oxygen atoms in total. The molecule has 0 unspecified atom stereocenters. The lowest BCUT2D eigenvalue weighted by Gasteiger charge is -2.18. The van der Waals surface area contributed by atoms with Crippen molar-refractivity contribution in [2.75, 3.05) is 6.54 Å². The van der Waals surface area contributed by atoms with Crippen molar-refractivity contribution < 1.29 is 18.8 Å². The average Bonchev–Trinajstić information content (AvgIpc) is 2.34. The number of nitrogens with zero attached hydrogens (tertiary/aromatic N) is 1. The fourth-order valence-electron chi connectivity index (χ4n) is 1.31. The van der Waals surface area contributed by atoms with E-state index in [9.17, 15) is 19.3 Å². The highest BCUT2D eigenvalue weighted by atomic mass is 19.1. The number of rotatable bonds is 2. The van der Waals surface area contributed by atoms with Crippen LogP contribution >= 0.6 is 0 Å². The molecule has 0 spiro atoms. The number of nitro benzene ring substituents is 1. The fourth-order valence-corrected chi connectivity index (χ4v) is 1.31. The molecule has 1 aromatic rings. The number of benzene rings is 1. The number of ether oxygens (including phenoxy) is 1. The van der Waals surface area contributed by atoms with E-state index in [0.717, 1.165) is 12.1 Å². The van der Waals surface area contributed by atoms with Crippen molar-refractivity contribution in [1.29, 1.82) is 0 Å². The molecule has 112 valence electrons. The summed E-state index contributed by atoms with van der Waals surface area (Å²) in [6.45, 7) is 5.21. The molecule has 0 fully saturated rings. The normalized spacial score (nSPS) is 10.3. The molecular weight excluding hydrogens is 279 g/mol. The van der Waals surface area contributed by atoms with Crippen LogP contribution in [-0.4, -0.2) is 23.2 Å². The highest BCUT2D eigenvalue weighted by Crippen LogP contribution is 2.17. The largest absolute Gasteiger partial charge is 0.444 e. The summed E-state index contributed by atoms with van der Waals surface area (Å²) in [5, 5.41) is 13.0. The smallest absolute Gasteiger partial charge is 0.408 e. The van der Waals surface area contributed by atoms with Gasteiger partial charge in [0.05, 0.1) is 11.5 Å². The van der Waals surface area contributed by atoms with Crippen LogP contribution in [0.3, 0.4) is 0 Å². The summed E-state index contributed by atoms with van der Waals surface area (Å²) < 4.78 is 18.1. The predicted molar refractivity (Wildman–Crippen MR) is 74.2 cm³/mol. The van der Waals surface area contributed by atoms with Crippen LogP contribution in [0.5, 0.6) is 0 Å². The zero-order valence-electron chi connectivity index (χ0n) is 11.9. The number of alkyl carbamates (subject to hydrolysis) is 1. The van der Waals surface area contributed by atoms with Gasteiger partial charge in [-0.05, 0) is 32.9 Å². The molecule has 0 aromatic heterocycles. The summed E-state index contributed by atoms with van der Waals surface area (Å²) in [5.74, 6) is 4.27. The van der Waals surface area contributed by atoms with E-state index in [0.29, 0.717) is 0 Å². The van der Waals surface area contributed by atoms with Gasteiger partial charge in [0.15, 0.2) is 0 Å². The monoisotopic (exact) mass is 294 g/mol. The number of carbonyl (C=O) groups is 1. The van der Waals surface area contributed by atoms with Crippen molar-refractivity contribution in [2.24, 2.45) is 0 Å². The number of hydrogen-bond donors (Lipinski definition) is 1. The first kappa shape index (κ1) is 16.4. The van der Waals surface area contributed by atoms with Crippen LogP contribution in [-0.2, 0) is 4.74 Å². The molecule has 7 heteroatoms. The minimum absolute atomic E-state index is 0.0140. The predicted octanol–water partition coefficient (Wildman–Crippen LogP) is 2.61. The summed E-state index contributed by atoms with van der Waals surface area (Å²) in [5.41, 5.74) is -0.953. The lowest BCUT2D eigenvalue weighted by Crippen LogP contribution is -2.32. The van der Waals surface area contributed by atoms with Crippen LogP contribution in [0.1, 0.15) is 26.3 Å². The maximum Gasteiger partial charge on any atom is 0.408 e. The second-order valence-corrected chi connectivity index (χ2v) is 5.08. The van der Waals surface area contributed by atoms with Crippen LogP contribution in [0.2, 0.25) is 0 Å². The Labute approximate surface area is 121 Å². The van der Waals surface area contributed by atoms with Crippen molar-refractivity contribution in [3.05, 3.63) is 39.7 Å². The molecule has 0 bridgehead atoms. The second-order valence-electron chi connectivity index (χ2n) is 5.08. The number of carbonyl (C=O) groups excluding carboxylic acids is 1. The van der Waals surface area contributed by atoms with Gasteiger partial charge in [-0.1, -0.05) is 11.8 Å². The molecule has 1 rings (SSSR count). The molecule has 21 heavy (non-hydrogen) atoms. The summed E-state index contributed by atoms with van der Waals surface area (Å²) in [4.78, 5) is 21.1. The third-order valence-electron chi connectivity index (χ3n) is 2.10. The maximum absolute atomic E-state index is 13.1. The van der Waals surface area contributed by atoms with Gasteiger partial charge in [-0.3, -0.25) is 10.1 Å². The fraction of sp³-hybridized carbons (Fsp3) is 0.357. The van der Waals surface area contributed by atoms with Gasteiger partial charge in [0.25, 0.3) is 0 Å². The quantitative estimate of drug-likeness (QED) is 0.516. The number of nitro groups is 1. The minimum Gasteiger partial charge on any atom is -0.444 e. The maximum atomic E-state index is 13.1. The van der Waals surface area contributed by atoms with Crippen LogP contribution in [0.4, 0.5) is 14.9 Å². The standard InChI is InChI=1S/C14H15FN2O4/c1-14(2,3)21-13(18)16-8-4-5-10-6-7-11(15)12(9-10)17(19)20/h6-7,9H,8H2,1-3H3,(H,16,18). The molecule has 0 saturated carbocycles. The molecule has 0 aliphatic heterocycles. The summed E-state index contributed by atoms with van der Waals surface area (Å²) >= 11 is 0. The summed E-state index contributed by atoms with van der Waals surface area (Å²) in [6.07, 6.45) is -0.609. The first-order valence-electron chi connectivity index (χ1n) is 6.09. The van der Waals surface area contributed by atoms with Crippen molar-refractivity contribution in [3.63, 3.8) is 0 Å². The SMILES string of the molecule is CC(C)(C)OC(=O)NCC#Cc1ccc(F)c([N+](=O)[O-])c1. The van der Waals surface area contributed by atoms with Crippen LogP contribution in [0.25, 0.3) is 0 Å². The number of amides is 1. The minimum atomic E-state index is -0.919. The highest BCUT2D eigenvalue weighted by Gasteiger charge is 2.15. The van der Waals surface area contributed by atoms with Crippen molar-refractivity contribution in [1.82, 2.24) is 5.32 Å². The van der Waals surface area contributed by atoms with E-state index >= 15 is 0 Å². The van der Waals surface area contributed by atoms with Crippen molar-refractivity contribution >= 4 is 11.8 Å². The van der Waals surface area contributed by atoms with Gasteiger partial charge >= 0.3 is 11.8 Å². The molecule has 0 aliphatic rings. The average molecular weight is 294 g/mol. The zero-order valence-corrected chi connectivity index (χ0v) is 11.9. The van der Waals surface area contributed by atoms with E-state index in [1.54, 1.807) is 20.8 Å². The third-order valence-corrected chi connectivity index (χ3v) is 2.10. The number of nitrogens with one attached hydrogen (secondary N) is 1. The van der Waals surface area contributed by atoms with Gasteiger partial charge in [-0.25, -0.2) is 4.79 Å². The van der Waals surface area contributed by atoms with Crippen LogP contribution in [0.15, 0.2) is 18.2 Å². The van der Waals surface area contributed by atoms with E-state index in [1.165, 1.54) is 6.07 Å². The number of hydrogen-bond acceptors (Lipinski definition) is 4. The molecule has 0 saturated heterocycles. The van der Waals surface area contributed by atoms with Crippen LogP contribution in [0, 0.1) is 27.8 Å². The van der Waals surface area contributed by atoms with Crippen LogP contribution < -0.4 is 5.32 Å². The van der Waals surface area contributed by atoms with Gasteiger partial charge in [0.1, 0.15) is 5.60 Å². The highest BCUT2D eigenvalue weighted by molar-refractivity contribution is 5.68. The zero-order chi connectivity index (χ0) is 16.0.